The van der Waals surface area contributed by atoms with E-state index in [4.69, 9.17) is 0 Å². The Morgan fingerprint density at radius 2 is 1.78 bits per heavy atom. The molecule has 0 radical (unpaired) electrons. The van der Waals surface area contributed by atoms with Crippen LogP contribution < -0.4 is 0 Å². The van der Waals surface area contributed by atoms with E-state index in [1.165, 1.54) is 38.5 Å². The highest BCUT2D eigenvalue weighted by molar-refractivity contribution is 8.01. The van der Waals surface area contributed by atoms with Crippen LogP contribution in [-0.4, -0.2) is 46.1 Å². The largest absolute Gasteiger partial charge is 0.396 e. The standard InChI is InChI=1S/C19H31NO2S/c1-18(13-21)3-2-4-20(12-18)17(22)11-23-19-8-14-5-15(9-19)7-16(6-14)10-19/h14-16,21H,2-13H2,1H3/t14?,15?,16?,18-,19?/m0/s1. The van der Waals surface area contributed by atoms with Crippen LogP contribution in [-0.2, 0) is 4.79 Å². The number of rotatable bonds is 4. The second-order valence-corrected chi connectivity index (χ2v) is 10.7. The van der Waals surface area contributed by atoms with Gasteiger partial charge in [0.05, 0.1) is 12.4 Å². The summed E-state index contributed by atoms with van der Waals surface area (Å²) in [7, 11) is 0. The first-order valence-corrected chi connectivity index (χ1v) is 10.5. The van der Waals surface area contributed by atoms with Crippen molar-refractivity contribution < 1.29 is 9.90 Å². The fourth-order valence-electron chi connectivity index (χ4n) is 6.17. The average Bonchev–Trinajstić information content (AvgIpc) is 2.51. The molecule has 1 heterocycles. The molecule has 1 saturated heterocycles. The number of amides is 1. The first-order valence-electron chi connectivity index (χ1n) is 9.52. The van der Waals surface area contributed by atoms with Gasteiger partial charge in [0, 0.05) is 23.3 Å². The minimum atomic E-state index is -0.0841. The summed E-state index contributed by atoms with van der Waals surface area (Å²) in [6, 6.07) is 0. The van der Waals surface area contributed by atoms with Crippen LogP contribution in [0, 0.1) is 23.2 Å². The number of aliphatic hydroxyl groups is 1. The van der Waals surface area contributed by atoms with Crippen LogP contribution in [0.1, 0.15) is 58.3 Å². The SMILES string of the molecule is C[C@]1(CO)CCCN(C(=O)CSC23CC4CC(CC(C4)C2)C3)C1. The quantitative estimate of drug-likeness (QED) is 0.855. The Bertz CT molecular complexity index is 445. The van der Waals surface area contributed by atoms with Crippen LogP contribution in [0.3, 0.4) is 0 Å². The molecule has 4 bridgehead atoms. The van der Waals surface area contributed by atoms with Crippen molar-refractivity contribution in [2.75, 3.05) is 25.4 Å². The van der Waals surface area contributed by atoms with Crippen LogP contribution >= 0.6 is 11.8 Å². The zero-order valence-electron chi connectivity index (χ0n) is 14.4. The van der Waals surface area contributed by atoms with Crippen molar-refractivity contribution in [2.45, 2.75) is 63.0 Å². The van der Waals surface area contributed by atoms with Crippen molar-refractivity contribution in [1.29, 1.82) is 0 Å². The summed E-state index contributed by atoms with van der Waals surface area (Å²) in [5, 5.41) is 9.59. The molecule has 5 aliphatic rings. The summed E-state index contributed by atoms with van der Waals surface area (Å²) in [6.45, 7) is 3.93. The van der Waals surface area contributed by atoms with Gasteiger partial charge < -0.3 is 10.0 Å². The molecule has 0 unspecified atom stereocenters. The normalized spacial score (nSPS) is 45.5. The molecule has 0 aromatic heterocycles. The van der Waals surface area contributed by atoms with Crippen LogP contribution in [0.4, 0.5) is 0 Å². The third-order valence-corrected chi connectivity index (χ3v) is 8.50. The third kappa shape index (κ3) is 3.18. The fraction of sp³-hybridized carbons (Fsp3) is 0.947. The highest BCUT2D eigenvalue weighted by Crippen LogP contribution is 2.60. The van der Waals surface area contributed by atoms with Crippen LogP contribution in [0.15, 0.2) is 0 Å². The number of carbonyl (C=O) groups is 1. The van der Waals surface area contributed by atoms with Crippen molar-refractivity contribution in [3.63, 3.8) is 0 Å². The summed E-state index contributed by atoms with van der Waals surface area (Å²) >= 11 is 1.99. The van der Waals surface area contributed by atoms with Gasteiger partial charge in [-0.2, -0.15) is 0 Å². The van der Waals surface area contributed by atoms with Crippen LogP contribution in [0.25, 0.3) is 0 Å². The number of likely N-dealkylation sites (tertiary alicyclic amines) is 1. The third-order valence-electron chi connectivity index (χ3n) is 7.00. The second-order valence-electron chi connectivity index (χ2n) is 9.28. The zero-order chi connectivity index (χ0) is 16.1. The van der Waals surface area contributed by atoms with E-state index in [2.05, 4.69) is 6.92 Å². The Labute approximate surface area is 144 Å². The van der Waals surface area contributed by atoms with Crippen LogP contribution in [0.5, 0.6) is 0 Å². The van der Waals surface area contributed by atoms with Gasteiger partial charge in [-0.25, -0.2) is 0 Å². The number of hydrogen-bond acceptors (Lipinski definition) is 3. The van der Waals surface area contributed by atoms with Crippen molar-refractivity contribution in [3.8, 4) is 0 Å². The van der Waals surface area contributed by atoms with E-state index in [1.807, 2.05) is 16.7 Å². The molecule has 4 heteroatoms. The van der Waals surface area contributed by atoms with Gasteiger partial charge >= 0.3 is 0 Å². The minimum absolute atomic E-state index is 0.0841. The van der Waals surface area contributed by atoms with Crippen molar-refractivity contribution >= 4 is 17.7 Å². The molecule has 1 N–H and O–H groups in total. The number of thioether (sulfide) groups is 1. The topological polar surface area (TPSA) is 40.5 Å². The van der Waals surface area contributed by atoms with E-state index < -0.39 is 0 Å². The van der Waals surface area contributed by atoms with E-state index in [0.29, 0.717) is 16.4 Å². The molecular weight excluding hydrogens is 306 g/mol. The maximum Gasteiger partial charge on any atom is 0.232 e. The fourth-order valence-corrected chi connectivity index (χ4v) is 7.84. The predicted molar refractivity (Wildman–Crippen MR) is 94.4 cm³/mol. The monoisotopic (exact) mass is 337 g/mol. The highest BCUT2D eigenvalue weighted by Gasteiger charge is 2.51. The van der Waals surface area contributed by atoms with Crippen molar-refractivity contribution in [3.05, 3.63) is 0 Å². The summed E-state index contributed by atoms with van der Waals surface area (Å²) in [5.41, 5.74) is -0.0841. The number of hydrogen-bond donors (Lipinski definition) is 1. The molecule has 1 aliphatic heterocycles. The Kier molecular flexibility index (Phi) is 4.20. The van der Waals surface area contributed by atoms with Gasteiger partial charge in [-0.15, -0.1) is 11.8 Å². The van der Waals surface area contributed by atoms with Crippen molar-refractivity contribution in [2.24, 2.45) is 23.2 Å². The molecule has 4 aliphatic carbocycles. The first kappa shape index (κ1) is 16.3. The zero-order valence-corrected chi connectivity index (χ0v) is 15.2. The average molecular weight is 338 g/mol. The lowest BCUT2D eigenvalue weighted by atomic mass is 9.56. The predicted octanol–water partition coefficient (Wildman–Crippen LogP) is 3.31. The summed E-state index contributed by atoms with van der Waals surface area (Å²) in [6.07, 6.45) is 10.6. The van der Waals surface area contributed by atoms with E-state index in [9.17, 15) is 9.90 Å². The molecule has 0 aromatic carbocycles. The summed E-state index contributed by atoms with van der Waals surface area (Å²) in [4.78, 5) is 14.7. The van der Waals surface area contributed by atoms with Gasteiger partial charge in [0.25, 0.3) is 0 Å². The second kappa shape index (κ2) is 5.94. The Morgan fingerprint density at radius 1 is 1.17 bits per heavy atom. The molecular formula is C19H31NO2S. The lowest BCUT2D eigenvalue weighted by Gasteiger charge is -2.56. The maximum atomic E-state index is 12.7. The highest BCUT2D eigenvalue weighted by atomic mass is 32.2. The molecule has 1 amide bonds. The molecule has 0 spiro atoms. The van der Waals surface area contributed by atoms with E-state index in [-0.39, 0.29) is 12.0 Å². The molecule has 23 heavy (non-hydrogen) atoms. The van der Waals surface area contributed by atoms with Crippen molar-refractivity contribution in [1.82, 2.24) is 4.90 Å². The Hall–Kier alpha value is -0.220. The molecule has 130 valence electrons. The summed E-state index contributed by atoms with van der Waals surface area (Å²) in [5.74, 6) is 3.84. The summed E-state index contributed by atoms with van der Waals surface area (Å²) < 4.78 is 0.431. The van der Waals surface area contributed by atoms with E-state index in [1.54, 1.807) is 0 Å². The lowest BCUT2D eigenvalue weighted by molar-refractivity contribution is -0.132. The first-order chi connectivity index (χ1) is 11.0. The molecule has 5 rings (SSSR count). The molecule has 5 fully saturated rings. The van der Waals surface area contributed by atoms with E-state index >= 15 is 0 Å². The maximum absolute atomic E-state index is 12.7. The van der Waals surface area contributed by atoms with Gasteiger partial charge in [0.15, 0.2) is 0 Å². The van der Waals surface area contributed by atoms with Gasteiger partial charge in [0.1, 0.15) is 0 Å². The van der Waals surface area contributed by atoms with Crippen LogP contribution in [0.2, 0.25) is 0 Å². The Morgan fingerprint density at radius 3 is 2.35 bits per heavy atom. The molecule has 1 atom stereocenters. The van der Waals surface area contributed by atoms with Gasteiger partial charge in [-0.3, -0.25) is 4.79 Å². The Balaban J connectivity index is 1.35. The lowest BCUT2D eigenvalue weighted by Crippen LogP contribution is -2.50. The number of carbonyl (C=O) groups excluding carboxylic acids is 1. The van der Waals surface area contributed by atoms with Gasteiger partial charge in [0.2, 0.25) is 5.91 Å². The molecule has 4 saturated carbocycles. The van der Waals surface area contributed by atoms with Gasteiger partial charge in [-0.05, 0) is 69.1 Å². The molecule has 3 nitrogen and oxygen atoms in total. The van der Waals surface area contributed by atoms with E-state index in [0.717, 1.165) is 43.7 Å². The van der Waals surface area contributed by atoms with Gasteiger partial charge in [-0.1, -0.05) is 6.92 Å². The number of nitrogens with zero attached hydrogens (tertiary/aromatic N) is 1. The smallest absolute Gasteiger partial charge is 0.232 e. The number of aliphatic hydroxyl groups excluding tert-OH is 1. The minimum Gasteiger partial charge on any atom is -0.396 e. The number of piperidine rings is 1. The molecule has 0 aromatic rings.